The smallest absolute Gasteiger partial charge is 0.315 e. The molecule has 2 aliphatic carbocycles. The summed E-state index contributed by atoms with van der Waals surface area (Å²) in [7, 11) is 0. The van der Waals surface area contributed by atoms with Crippen LogP contribution in [-0.2, 0) is 0 Å². The van der Waals surface area contributed by atoms with Crippen molar-refractivity contribution in [1.82, 2.24) is 10.6 Å². The van der Waals surface area contributed by atoms with Gasteiger partial charge in [0.15, 0.2) is 0 Å². The van der Waals surface area contributed by atoms with Crippen LogP contribution in [0.15, 0.2) is 24.3 Å². The summed E-state index contributed by atoms with van der Waals surface area (Å²) in [5, 5.41) is 15.4. The molecule has 3 rings (SSSR count). The number of rotatable bonds is 4. The van der Waals surface area contributed by atoms with Crippen LogP contribution in [0.4, 0.5) is 9.18 Å². The summed E-state index contributed by atoms with van der Waals surface area (Å²) in [5.41, 5.74) is -0.0540. The van der Waals surface area contributed by atoms with Crippen LogP contribution in [0.3, 0.4) is 0 Å². The van der Waals surface area contributed by atoms with Crippen LogP contribution in [0.25, 0.3) is 0 Å². The average Bonchev–Trinajstić information content (AvgIpc) is 3.13. The number of hydrogen-bond donors (Lipinski definition) is 3. The third kappa shape index (κ3) is 2.77. The Hall–Kier alpha value is -1.62. The van der Waals surface area contributed by atoms with Crippen LogP contribution in [0.5, 0.6) is 0 Å². The Kier molecular flexibility index (Phi) is 3.38. The number of carbonyl (C=O) groups is 1. The van der Waals surface area contributed by atoms with E-state index in [0.29, 0.717) is 5.56 Å². The van der Waals surface area contributed by atoms with E-state index in [4.69, 9.17) is 0 Å². The fourth-order valence-electron chi connectivity index (χ4n) is 2.70. The van der Waals surface area contributed by atoms with Gasteiger partial charge in [0.25, 0.3) is 0 Å². The minimum absolute atomic E-state index is 0.0112. The molecule has 0 spiro atoms. The first-order valence-electron chi connectivity index (χ1n) is 7.09. The largest absolute Gasteiger partial charge is 0.388 e. The molecule has 3 N–H and O–H groups in total. The van der Waals surface area contributed by atoms with Crippen molar-refractivity contribution >= 4 is 6.03 Å². The number of benzene rings is 1. The molecule has 2 unspecified atom stereocenters. The highest BCUT2D eigenvalue weighted by molar-refractivity contribution is 5.75. The van der Waals surface area contributed by atoms with Gasteiger partial charge in [0, 0.05) is 18.5 Å². The molecule has 4 nitrogen and oxygen atoms in total. The van der Waals surface area contributed by atoms with Crippen molar-refractivity contribution in [2.75, 3.05) is 6.54 Å². The summed E-state index contributed by atoms with van der Waals surface area (Å²) >= 11 is 0. The zero-order valence-corrected chi connectivity index (χ0v) is 11.2. The summed E-state index contributed by atoms with van der Waals surface area (Å²) in [6.07, 6.45) is 3.26. The molecule has 2 aliphatic rings. The lowest BCUT2D eigenvalue weighted by molar-refractivity contribution is -0.0290. The van der Waals surface area contributed by atoms with Crippen molar-refractivity contribution in [3.63, 3.8) is 0 Å². The molecule has 2 atom stereocenters. The fraction of sp³-hybridized carbons (Fsp3) is 0.533. The highest BCUT2D eigenvalue weighted by atomic mass is 19.1. The Morgan fingerprint density at radius 1 is 1.40 bits per heavy atom. The van der Waals surface area contributed by atoms with Crippen LogP contribution in [0.1, 0.15) is 37.2 Å². The second kappa shape index (κ2) is 5.05. The van der Waals surface area contributed by atoms with E-state index < -0.39 is 5.60 Å². The molecule has 0 bridgehead atoms. The maximum Gasteiger partial charge on any atom is 0.315 e. The van der Waals surface area contributed by atoms with Crippen molar-refractivity contribution in [3.05, 3.63) is 35.6 Å². The van der Waals surface area contributed by atoms with Gasteiger partial charge in [0.1, 0.15) is 5.82 Å². The topological polar surface area (TPSA) is 61.4 Å². The average molecular weight is 278 g/mol. The van der Waals surface area contributed by atoms with E-state index >= 15 is 0 Å². The van der Waals surface area contributed by atoms with Gasteiger partial charge < -0.3 is 15.7 Å². The number of hydrogen-bond acceptors (Lipinski definition) is 2. The lowest BCUT2D eigenvalue weighted by Crippen LogP contribution is -2.50. The third-order valence-electron chi connectivity index (χ3n) is 4.27. The van der Waals surface area contributed by atoms with Crippen molar-refractivity contribution in [3.8, 4) is 0 Å². The number of urea groups is 1. The minimum Gasteiger partial charge on any atom is -0.388 e. The number of aliphatic hydroxyl groups is 1. The second-order valence-corrected chi connectivity index (χ2v) is 5.88. The van der Waals surface area contributed by atoms with E-state index in [9.17, 15) is 14.3 Å². The summed E-state index contributed by atoms with van der Waals surface area (Å²) in [6, 6.07) is 6.38. The second-order valence-electron chi connectivity index (χ2n) is 5.88. The van der Waals surface area contributed by atoms with Crippen molar-refractivity contribution in [2.45, 2.75) is 43.2 Å². The van der Waals surface area contributed by atoms with Crippen molar-refractivity contribution in [2.24, 2.45) is 0 Å². The van der Waals surface area contributed by atoms with Gasteiger partial charge in [-0.1, -0.05) is 18.2 Å². The lowest BCUT2D eigenvalue weighted by Gasteiger charge is -2.36. The molecule has 1 aromatic carbocycles. The molecule has 1 aromatic rings. The van der Waals surface area contributed by atoms with E-state index in [2.05, 4.69) is 10.6 Å². The number of amides is 2. The van der Waals surface area contributed by atoms with Crippen LogP contribution < -0.4 is 10.6 Å². The standard InChI is InChI=1S/C15H19FN2O2/c16-12-5-2-1-4-10(12)11-8-13(11)18-14(19)17-9-15(20)6-3-7-15/h1-2,4-5,11,13,20H,3,6-9H2,(H2,17,18,19). The summed E-state index contributed by atoms with van der Waals surface area (Å²) in [5.74, 6) is -0.153. The molecule has 5 heteroatoms. The highest BCUT2D eigenvalue weighted by Gasteiger charge is 2.41. The number of halogens is 1. The van der Waals surface area contributed by atoms with Crippen LogP contribution >= 0.6 is 0 Å². The predicted molar refractivity (Wildman–Crippen MR) is 72.9 cm³/mol. The van der Waals surface area contributed by atoms with Gasteiger partial charge in [-0.2, -0.15) is 0 Å². The molecule has 0 aliphatic heterocycles. The first-order valence-corrected chi connectivity index (χ1v) is 7.09. The van der Waals surface area contributed by atoms with Crippen LogP contribution in [0, 0.1) is 5.82 Å². The Morgan fingerprint density at radius 2 is 2.15 bits per heavy atom. The van der Waals surface area contributed by atoms with E-state index in [1.54, 1.807) is 18.2 Å². The van der Waals surface area contributed by atoms with Gasteiger partial charge in [-0.05, 0) is 37.3 Å². The van der Waals surface area contributed by atoms with Crippen molar-refractivity contribution in [1.29, 1.82) is 0 Å². The Balaban J connectivity index is 1.46. The molecule has 0 radical (unpaired) electrons. The molecule has 0 heterocycles. The van der Waals surface area contributed by atoms with E-state index in [1.807, 2.05) is 0 Å². The SMILES string of the molecule is O=C(NCC1(O)CCC1)NC1CC1c1ccccc1F. The third-order valence-corrected chi connectivity index (χ3v) is 4.27. The van der Waals surface area contributed by atoms with Gasteiger partial charge in [0.05, 0.1) is 5.60 Å². The number of carbonyl (C=O) groups excluding carboxylic acids is 1. The van der Waals surface area contributed by atoms with Gasteiger partial charge in [-0.15, -0.1) is 0 Å². The Bertz CT molecular complexity index is 516. The summed E-state index contributed by atoms with van der Waals surface area (Å²) in [4.78, 5) is 11.7. The lowest BCUT2D eigenvalue weighted by atomic mass is 9.80. The summed E-state index contributed by atoms with van der Waals surface area (Å²) < 4.78 is 13.6. The molecule has 0 saturated heterocycles. The molecule has 108 valence electrons. The molecule has 2 fully saturated rings. The van der Waals surface area contributed by atoms with Gasteiger partial charge in [0.2, 0.25) is 0 Å². The van der Waals surface area contributed by atoms with E-state index in [0.717, 1.165) is 25.7 Å². The Labute approximate surface area is 117 Å². The molecule has 2 saturated carbocycles. The normalized spacial score (nSPS) is 26.5. The van der Waals surface area contributed by atoms with E-state index in [1.165, 1.54) is 6.07 Å². The van der Waals surface area contributed by atoms with Gasteiger partial charge in [-0.3, -0.25) is 0 Å². The monoisotopic (exact) mass is 278 g/mol. The molecule has 0 aromatic heterocycles. The maximum absolute atomic E-state index is 13.6. The van der Waals surface area contributed by atoms with Crippen molar-refractivity contribution < 1.29 is 14.3 Å². The predicted octanol–water partition coefficient (Wildman–Crippen LogP) is 1.90. The highest BCUT2D eigenvalue weighted by Crippen LogP contribution is 2.41. The van der Waals surface area contributed by atoms with Crippen LogP contribution in [0.2, 0.25) is 0 Å². The first-order chi connectivity index (χ1) is 9.57. The fourth-order valence-corrected chi connectivity index (χ4v) is 2.70. The Morgan fingerprint density at radius 3 is 2.80 bits per heavy atom. The number of nitrogens with one attached hydrogen (secondary N) is 2. The molecule has 2 amide bonds. The zero-order chi connectivity index (χ0) is 14.2. The molecule has 20 heavy (non-hydrogen) atoms. The zero-order valence-electron chi connectivity index (χ0n) is 11.2. The van der Waals surface area contributed by atoms with Gasteiger partial charge >= 0.3 is 6.03 Å². The molecular formula is C15H19FN2O2. The van der Waals surface area contributed by atoms with Gasteiger partial charge in [-0.25, -0.2) is 9.18 Å². The summed E-state index contributed by atoms with van der Waals surface area (Å²) in [6.45, 7) is 0.288. The quantitative estimate of drug-likeness (QED) is 0.787. The van der Waals surface area contributed by atoms with E-state index in [-0.39, 0.29) is 30.4 Å². The first kappa shape index (κ1) is 13.4. The molecular weight excluding hydrogens is 259 g/mol. The van der Waals surface area contributed by atoms with Crippen LogP contribution in [-0.4, -0.2) is 29.3 Å². The minimum atomic E-state index is -0.716. The maximum atomic E-state index is 13.6.